The molecule has 0 saturated heterocycles. The number of rotatable bonds is 5. The third kappa shape index (κ3) is 3.44. The van der Waals surface area contributed by atoms with E-state index in [2.05, 4.69) is 5.32 Å². The van der Waals surface area contributed by atoms with Gasteiger partial charge in [-0.25, -0.2) is 9.78 Å². The Hall–Kier alpha value is -3.15. The lowest BCUT2D eigenvalue weighted by molar-refractivity contribution is 0.194. The van der Waals surface area contributed by atoms with Gasteiger partial charge in [-0.2, -0.15) is 0 Å². The van der Waals surface area contributed by atoms with E-state index in [0.29, 0.717) is 36.1 Å². The highest BCUT2D eigenvalue weighted by Crippen LogP contribution is 2.19. The molecule has 0 aliphatic rings. The van der Waals surface area contributed by atoms with Crippen LogP contribution in [0.5, 0.6) is 0 Å². The van der Waals surface area contributed by atoms with Crippen LogP contribution in [0.25, 0.3) is 16.6 Å². The third-order valence-electron chi connectivity index (χ3n) is 4.39. The van der Waals surface area contributed by atoms with E-state index < -0.39 is 6.09 Å². The van der Waals surface area contributed by atoms with E-state index in [1.807, 2.05) is 56.3 Å². The van der Waals surface area contributed by atoms with Gasteiger partial charge in [0.25, 0.3) is 5.56 Å². The van der Waals surface area contributed by atoms with Gasteiger partial charge >= 0.3 is 6.09 Å². The Morgan fingerprint density at radius 2 is 1.85 bits per heavy atom. The lowest BCUT2D eigenvalue weighted by Gasteiger charge is -2.16. The fraction of sp³-hybridized carbons (Fsp3) is 0.250. The Morgan fingerprint density at radius 3 is 2.58 bits per heavy atom. The number of fused-ring (bicyclic) bond motifs is 1. The van der Waals surface area contributed by atoms with E-state index in [4.69, 9.17) is 10.1 Å². The van der Waals surface area contributed by atoms with Crippen LogP contribution in [0.1, 0.15) is 23.4 Å². The van der Waals surface area contributed by atoms with Gasteiger partial charge in [0, 0.05) is 13.0 Å². The van der Waals surface area contributed by atoms with E-state index in [1.165, 1.54) is 0 Å². The zero-order chi connectivity index (χ0) is 18.7. The molecule has 1 aromatic heterocycles. The summed E-state index contributed by atoms with van der Waals surface area (Å²) in [6, 6.07) is 13.3. The van der Waals surface area contributed by atoms with E-state index >= 15 is 0 Å². The van der Waals surface area contributed by atoms with E-state index in [1.54, 1.807) is 4.57 Å². The molecule has 1 heterocycles. The van der Waals surface area contributed by atoms with Crippen molar-refractivity contribution in [3.05, 3.63) is 69.8 Å². The number of amides is 1. The van der Waals surface area contributed by atoms with Gasteiger partial charge in [0.05, 0.1) is 16.6 Å². The van der Waals surface area contributed by atoms with Crippen LogP contribution < -0.4 is 10.9 Å². The lowest BCUT2D eigenvalue weighted by atomic mass is 10.1. The Morgan fingerprint density at radius 1 is 1.12 bits per heavy atom. The summed E-state index contributed by atoms with van der Waals surface area (Å²) in [6.07, 6.45) is -0.00115. The molecule has 0 atom stereocenters. The molecule has 0 saturated carbocycles. The molecule has 26 heavy (non-hydrogen) atoms. The van der Waals surface area contributed by atoms with Crippen LogP contribution in [0.4, 0.5) is 4.79 Å². The molecule has 0 unspecified atom stereocenters. The van der Waals surface area contributed by atoms with Crippen LogP contribution in [0.15, 0.2) is 47.3 Å². The third-order valence-corrected chi connectivity index (χ3v) is 4.39. The van der Waals surface area contributed by atoms with E-state index in [-0.39, 0.29) is 5.56 Å². The molecule has 2 aromatic carbocycles. The minimum atomic E-state index is -1.05. The number of benzene rings is 2. The van der Waals surface area contributed by atoms with Crippen molar-refractivity contribution in [3.63, 3.8) is 0 Å². The summed E-state index contributed by atoms with van der Waals surface area (Å²) in [5.41, 5.74) is 3.25. The quantitative estimate of drug-likeness (QED) is 0.691. The maximum atomic E-state index is 13.3. The Balaban J connectivity index is 2.15. The summed E-state index contributed by atoms with van der Waals surface area (Å²) in [4.78, 5) is 28.6. The predicted octanol–water partition coefficient (Wildman–Crippen LogP) is 3.20. The second-order valence-corrected chi connectivity index (χ2v) is 6.26. The van der Waals surface area contributed by atoms with Crippen molar-refractivity contribution in [2.24, 2.45) is 0 Å². The van der Waals surface area contributed by atoms with Gasteiger partial charge < -0.3 is 10.4 Å². The summed E-state index contributed by atoms with van der Waals surface area (Å²) in [6.45, 7) is 4.18. The number of hydrogen-bond acceptors (Lipinski definition) is 3. The minimum Gasteiger partial charge on any atom is -0.465 e. The second-order valence-electron chi connectivity index (χ2n) is 6.26. The highest BCUT2D eigenvalue weighted by molar-refractivity contribution is 5.81. The van der Waals surface area contributed by atoms with Crippen LogP contribution in [-0.4, -0.2) is 27.3 Å². The van der Waals surface area contributed by atoms with Gasteiger partial charge in [0.15, 0.2) is 0 Å². The molecule has 0 fully saturated rings. The topological polar surface area (TPSA) is 84.2 Å². The molecule has 0 bridgehead atoms. The number of aryl methyl sites for hydroxylation is 3. The first-order chi connectivity index (χ1) is 12.5. The molecule has 0 spiro atoms. The van der Waals surface area contributed by atoms with Crippen LogP contribution in [0.3, 0.4) is 0 Å². The number of nitrogens with one attached hydrogen (secondary N) is 1. The predicted molar refractivity (Wildman–Crippen MR) is 101 cm³/mol. The van der Waals surface area contributed by atoms with Crippen LogP contribution in [0, 0.1) is 13.8 Å². The largest absolute Gasteiger partial charge is 0.465 e. The van der Waals surface area contributed by atoms with Gasteiger partial charge in [-0.1, -0.05) is 30.3 Å². The minimum absolute atomic E-state index is 0.0939. The fourth-order valence-corrected chi connectivity index (χ4v) is 3.11. The number of para-hydroxylation sites is 1. The number of hydrogen-bond donors (Lipinski definition) is 2. The molecule has 0 aliphatic carbocycles. The molecule has 0 radical (unpaired) electrons. The van der Waals surface area contributed by atoms with Crippen molar-refractivity contribution < 1.29 is 9.90 Å². The first-order valence-electron chi connectivity index (χ1n) is 8.53. The van der Waals surface area contributed by atoms with Crippen LogP contribution in [-0.2, 0) is 6.42 Å². The zero-order valence-corrected chi connectivity index (χ0v) is 14.8. The summed E-state index contributed by atoms with van der Waals surface area (Å²) in [5.74, 6) is 0.634. The monoisotopic (exact) mass is 351 g/mol. The highest BCUT2D eigenvalue weighted by atomic mass is 16.4. The van der Waals surface area contributed by atoms with E-state index in [9.17, 15) is 9.59 Å². The van der Waals surface area contributed by atoms with Crippen LogP contribution >= 0.6 is 0 Å². The lowest BCUT2D eigenvalue weighted by Crippen LogP contribution is -2.27. The van der Waals surface area contributed by atoms with Gasteiger partial charge in [-0.05, 0) is 43.5 Å². The summed E-state index contributed by atoms with van der Waals surface area (Å²) < 4.78 is 1.66. The molecular weight excluding hydrogens is 330 g/mol. The normalized spacial score (nSPS) is 10.8. The average Bonchev–Trinajstić information content (AvgIpc) is 2.59. The van der Waals surface area contributed by atoms with Crippen LogP contribution in [0.2, 0.25) is 0 Å². The number of carboxylic acid groups (broad SMARTS) is 1. The Labute approximate surface area is 151 Å². The van der Waals surface area contributed by atoms with Crippen molar-refractivity contribution in [3.8, 4) is 5.69 Å². The number of nitrogens with zero attached hydrogens (tertiary/aromatic N) is 2. The Bertz CT molecular complexity index is 1020. The molecule has 2 N–H and O–H groups in total. The first kappa shape index (κ1) is 17.7. The average molecular weight is 351 g/mol. The van der Waals surface area contributed by atoms with Gasteiger partial charge in [-0.3, -0.25) is 9.36 Å². The van der Waals surface area contributed by atoms with Crippen molar-refractivity contribution in [2.75, 3.05) is 6.54 Å². The van der Waals surface area contributed by atoms with Crippen molar-refractivity contribution in [2.45, 2.75) is 26.7 Å². The molecule has 3 aromatic rings. The highest BCUT2D eigenvalue weighted by Gasteiger charge is 2.15. The maximum absolute atomic E-state index is 13.3. The van der Waals surface area contributed by atoms with E-state index in [0.717, 1.165) is 16.8 Å². The molecule has 134 valence electrons. The maximum Gasteiger partial charge on any atom is 0.404 e. The zero-order valence-electron chi connectivity index (χ0n) is 14.8. The van der Waals surface area contributed by atoms with Crippen molar-refractivity contribution >= 4 is 17.0 Å². The molecule has 3 rings (SSSR count). The smallest absolute Gasteiger partial charge is 0.404 e. The molecule has 1 amide bonds. The van der Waals surface area contributed by atoms with Crippen molar-refractivity contribution in [1.82, 2.24) is 14.9 Å². The SMILES string of the molecule is Cc1ccccc1-n1c(CCCNC(=O)O)nc2cccc(C)c2c1=O. The van der Waals surface area contributed by atoms with Gasteiger partial charge in [0.2, 0.25) is 0 Å². The summed E-state index contributed by atoms with van der Waals surface area (Å²) in [7, 11) is 0. The summed E-state index contributed by atoms with van der Waals surface area (Å²) in [5, 5.41) is 11.7. The standard InChI is InChI=1S/C20H21N3O3/c1-13-7-3-4-10-16(13)23-17(11-6-12-21-20(25)26)22-15-9-5-8-14(2)18(15)19(23)24/h3-5,7-10,21H,6,11-12H2,1-2H3,(H,25,26). The number of aromatic nitrogens is 2. The number of carbonyl (C=O) groups is 1. The summed E-state index contributed by atoms with van der Waals surface area (Å²) >= 11 is 0. The second kappa shape index (κ2) is 7.39. The first-order valence-corrected chi connectivity index (χ1v) is 8.53. The van der Waals surface area contributed by atoms with Gasteiger partial charge in [-0.15, -0.1) is 0 Å². The van der Waals surface area contributed by atoms with Gasteiger partial charge in [0.1, 0.15) is 5.82 Å². The molecular formula is C20H21N3O3. The molecule has 6 heteroatoms. The fourth-order valence-electron chi connectivity index (χ4n) is 3.11. The molecule has 6 nitrogen and oxygen atoms in total. The molecule has 0 aliphatic heterocycles. The Kier molecular flexibility index (Phi) is 5.02. The van der Waals surface area contributed by atoms with Crippen molar-refractivity contribution in [1.29, 1.82) is 0 Å².